The van der Waals surface area contributed by atoms with Gasteiger partial charge in [-0.3, -0.25) is 48.4 Å². The molecule has 0 spiro atoms. The molecule has 4 aromatic carbocycles. The molecule has 31 heteroatoms. The number of anilines is 2. The van der Waals surface area contributed by atoms with Crippen molar-refractivity contribution in [3.05, 3.63) is 120 Å². The van der Waals surface area contributed by atoms with Gasteiger partial charge in [-0.2, -0.15) is 0 Å². The summed E-state index contributed by atoms with van der Waals surface area (Å²) < 4.78 is 67.6. The molecule has 4 N–H and O–H groups in total. The van der Waals surface area contributed by atoms with Crippen LogP contribution in [0, 0.1) is 5.92 Å². The van der Waals surface area contributed by atoms with Gasteiger partial charge in [0.15, 0.2) is 23.0 Å². The van der Waals surface area contributed by atoms with Crippen LogP contribution in [0.1, 0.15) is 78.3 Å². The fourth-order valence-electron chi connectivity index (χ4n) is 12.4. The summed E-state index contributed by atoms with van der Waals surface area (Å²) in [6.45, 7) is 14.5. The maximum absolute atomic E-state index is 14.2. The number of benzene rings is 4. The molecular formula is C78H99N11O20. The van der Waals surface area contributed by atoms with Crippen LogP contribution in [0.3, 0.4) is 0 Å². The fourth-order valence-corrected chi connectivity index (χ4v) is 12.4. The molecule has 1 saturated heterocycles. The third kappa shape index (κ3) is 23.5. The van der Waals surface area contributed by atoms with E-state index in [-0.39, 0.29) is 81.7 Å². The summed E-state index contributed by atoms with van der Waals surface area (Å²) in [5.41, 5.74) is 7.23. The maximum atomic E-state index is 14.2. The second-order valence-corrected chi connectivity index (χ2v) is 26.6. The first-order valence-corrected chi connectivity index (χ1v) is 36.8. The molecular weight excluding hydrogens is 1410 g/mol. The van der Waals surface area contributed by atoms with Crippen molar-refractivity contribution in [3.63, 3.8) is 0 Å². The van der Waals surface area contributed by atoms with Crippen molar-refractivity contribution in [1.29, 1.82) is 0 Å². The van der Waals surface area contributed by atoms with Gasteiger partial charge in [0.25, 0.3) is 23.6 Å². The molecule has 6 aliphatic heterocycles. The molecule has 0 unspecified atom stereocenters. The molecule has 0 radical (unpaired) electrons. The Bertz CT molecular complexity index is 3930. The van der Waals surface area contributed by atoms with Gasteiger partial charge in [-0.15, -0.1) is 0 Å². The number of nitrogens with zero attached hydrogens (tertiary/aromatic N) is 7. The van der Waals surface area contributed by atoms with Crippen LogP contribution in [0.4, 0.5) is 27.5 Å². The standard InChI is InChI=1S/C78H99N11O20/c1-52(2)73(84-78(97)109-41-40-106-39-38-105-37-36-104-35-34-103-33-32-102-31-30-101-29-28-100-27-19-79-70(90)18-20-87-71(91)16-17-72(87)92)75(94)82-53(3)74(93)83-58-12-8-54(9-13-58)56-42-60-48-80-64-46-68(66(98-5)44-62(64)76(95)88(60)50-56)107-25-7-26-108-69-47-65-63(45-67(69)99-6)77(96)89-51-57(43-61(89)49-81-65)55-10-14-59(15-11-55)86-23-21-85(4)22-24-86/h8-17,44-53,60-61,73H,7,18-43H2,1-6H3,(H,79,90)(H,82,94)(H,83,93)(H,84,97)/t53-,60-,61-,73-/m0/s1. The van der Waals surface area contributed by atoms with Gasteiger partial charge < -0.3 is 97.7 Å². The predicted octanol–water partition coefficient (Wildman–Crippen LogP) is 5.99. The Morgan fingerprint density at radius 3 is 1.46 bits per heavy atom. The Labute approximate surface area is 634 Å². The van der Waals surface area contributed by atoms with Crippen LogP contribution in [-0.4, -0.2) is 276 Å². The number of hydrogen-bond acceptors (Lipinski definition) is 24. The molecule has 0 aromatic heterocycles. The quantitative estimate of drug-likeness (QED) is 0.0292. The first-order chi connectivity index (χ1) is 52.9. The number of hydrogen-bond donors (Lipinski definition) is 4. The van der Waals surface area contributed by atoms with Gasteiger partial charge in [-0.05, 0) is 78.6 Å². The SMILES string of the molecule is COc1cc2c(cc1OCCCOc1cc3c(cc1OC)C(=O)N1C=C(c4ccc(N5CCN(C)CC5)cc4)C[C@H]1C=N3)N=C[C@@H]1CC(c3ccc(NC(=O)[C@H](C)NC(=O)[C@@H](NC(=O)OCCOCCOCCOCCOCCOCCOCCOCCNC(=O)CCN4C(=O)C=CC4=O)C(C)C)cc3)=CN1C2=O. The fraction of sp³-hybridized carbons (Fsp3) is 0.487. The minimum absolute atomic E-state index is 0.0243. The second kappa shape index (κ2) is 41.4. The Morgan fingerprint density at radius 2 is 0.991 bits per heavy atom. The lowest BCUT2D eigenvalue weighted by atomic mass is 10.0. The van der Waals surface area contributed by atoms with Crippen LogP contribution >= 0.6 is 0 Å². The number of carbonyl (C=O) groups is 8. The molecule has 586 valence electrons. The molecule has 6 heterocycles. The maximum Gasteiger partial charge on any atom is 0.407 e. The highest BCUT2D eigenvalue weighted by Crippen LogP contribution is 2.42. The zero-order chi connectivity index (χ0) is 77.0. The molecule has 0 bridgehead atoms. The van der Waals surface area contributed by atoms with Crippen molar-refractivity contribution in [2.75, 3.05) is 183 Å². The molecule has 31 nitrogen and oxygen atoms in total. The van der Waals surface area contributed by atoms with Crippen molar-refractivity contribution in [2.24, 2.45) is 15.9 Å². The normalized spacial score (nSPS) is 17.1. The highest BCUT2D eigenvalue weighted by atomic mass is 16.6. The number of imide groups is 1. The number of carbonyl (C=O) groups excluding carboxylic acids is 8. The highest BCUT2D eigenvalue weighted by Gasteiger charge is 2.36. The summed E-state index contributed by atoms with van der Waals surface area (Å²) >= 11 is 0. The number of ether oxygens (including phenoxy) is 12. The number of rotatable bonds is 44. The monoisotopic (exact) mass is 1510 g/mol. The van der Waals surface area contributed by atoms with E-state index >= 15 is 0 Å². The zero-order valence-corrected chi connectivity index (χ0v) is 62.7. The molecule has 4 atom stereocenters. The Hall–Kier alpha value is -10.1. The van der Waals surface area contributed by atoms with E-state index in [9.17, 15) is 38.4 Å². The van der Waals surface area contributed by atoms with Gasteiger partial charge in [0.05, 0.1) is 155 Å². The van der Waals surface area contributed by atoms with E-state index in [2.05, 4.69) is 62.4 Å². The summed E-state index contributed by atoms with van der Waals surface area (Å²) in [7, 11) is 5.19. The van der Waals surface area contributed by atoms with Gasteiger partial charge in [-0.25, -0.2) is 4.79 Å². The van der Waals surface area contributed by atoms with E-state index in [0.29, 0.717) is 156 Å². The number of fused-ring (bicyclic) bond motifs is 4. The van der Waals surface area contributed by atoms with E-state index in [1.165, 1.54) is 39.0 Å². The Balaban J connectivity index is 0.552. The van der Waals surface area contributed by atoms with E-state index < -0.39 is 41.8 Å². The Kier molecular flexibility index (Phi) is 31.0. The molecule has 8 amide bonds. The van der Waals surface area contributed by atoms with Gasteiger partial charge in [0.2, 0.25) is 17.7 Å². The number of amides is 8. The Morgan fingerprint density at radius 1 is 0.532 bits per heavy atom. The number of likely N-dealkylation sites (N-methyl/N-ethyl adjacent to an activating group) is 1. The lowest BCUT2D eigenvalue weighted by Crippen LogP contribution is -2.53. The highest BCUT2D eigenvalue weighted by molar-refractivity contribution is 6.13. The number of piperazine rings is 1. The number of aliphatic imine (C=N–C) groups is 2. The lowest BCUT2D eigenvalue weighted by molar-refractivity contribution is -0.137. The molecule has 1 fully saturated rings. The molecule has 109 heavy (non-hydrogen) atoms. The molecule has 10 rings (SSSR count). The third-order valence-electron chi connectivity index (χ3n) is 18.6. The smallest absolute Gasteiger partial charge is 0.407 e. The first kappa shape index (κ1) is 81.4. The zero-order valence-electron chi connectivity index (χ0n) is 62.7. The number of methoxy groups -OCH3 is 2. The van der Waals surface area contributed by atoms with Gasteiger partial charge in [0, 0.05) is 125 Å². The average Bonchev–Trinajstić information content (AvgIpc) is 1.65. The van der Waals surface area contributed by atoms with E-state index in [1.54, 1.807) is 66.3 Å². The van der Waals surface area contributed by atoms with Crippen LogP contribution in [0.15, 0.2) is 107 Å². The van der Waals surface area contributed by atoms with Crippen molar-refractivity contribution < 1.29 is 95.2 Å². The van der Waals surface area contributed by atoms with Crippen molar-refractivity contribution in [1.82, 2.24) is 35.6 Å². The van der Waals surface area contributed by atoms with Crippen molar-refractivity contribution in [2.45, 2.75) is 70.6 Å². The summed E-state index contributed by atoms with van der Waals surface area (Å²) in [5.74, 6) is -1.33. The van der Waals surface area contributed by atoms with Gasteiger partial charge in [-0.1, -0.05) is 38.1 Å². The summed E-state index contributed by atoms with van der Waals surface area (Å²) in [5, 5.41) is 10.8. The van der Waals surface area contributed by atoms with Crippen molar-refractivity contribution >= 4 is 93.8 Å². The van der Waals surface area contributed by atoms with Crippen LogP contribution in [0.2, 0.25) is 0 Å². The van der Waals surface area contributed by atoms with Crippen LogP contribution in [0.5, 0.6) is 23.0 Å². The summed E-state index contributed by atoms with van der Waals surface area (Å²) in [6, 6.07) is 19.9. The van der Waals surface area contributed by atoms with Crippen LogP contribution in [-0.2, 0) is 61.9 Å². The second-order valence-electron chi connectivity index (χ2n) is 26.6. The van der Waals surface area contributed by atoms with Crippen LogP contribution in [0.25, 0.3) is 11.1 Å². The topological polar surface area (TPSA) is 336 Å². The number of alkyl carbamates (subject to hydrolysis) is 1. The minimum atomic E-state index is -1.00. The predicted molar refractivity (Wildman–Crippen MR) is 404 cm³/mol. The van der Waals surface area contributed by atoms with E-state index in [0.717, 1.165) is 53.4 Å². The summed E-state index contributed by atoms with van der Waals surface area (Å²) in [6.07, 6.45) is 10.5. The average molecular weight is 1510 g/mol. The van der Waals surface area contributed by atoms with Gasteiger partial charge in [0.1, 0.15) is 18.7 Å². The molecule has 0 aliphatic carbocycles. The van der Waals surface area contributed by atoms with Crippen LogP contribution < -0.4 is 45.1 Å². The minimum Gasteiger partial charge on any atom is -0.493 e. The largest absolute Gasteiger partial charge is 0.493 e. The van der Waals surface area contributed by atoms with Crippen molar-refractivity contribution in [3.8, 4) is 23.0 Å². The molecule has 0 saturated carbocycles. The van der Waals surface area contributed by atoms with E-state index in [4.69, 9.17) is 66.8 Å². The van der Waals surface area contributed by atoms with E-state index in [1.807, 2.05) is 30.7 Å². The van der Waals surface area contributed by atoms with Gasteiger partial charge >= 0.3 is 6.09 Å². The third-order valence-corrected chi connectivity index (χ3v) is 18.6. The summed E-state index contributed by atoms with van der Waals surface area (Å²) in [4.78, 5) is 121. The first-order valence-electron chi connectivity index (χ1n) is 36.8. The number of nitrogens with one attached hydrogen (secondary N) is 4. The molecule has 6 aliphatic rings. The molecule has 4 aromatic rings. The lowest BCUT2D eigenvalue weighted by Gasteiger charge is -2.34.